The monoisotopic (exact) mass is 431 g/mol. The standard InChI is InChI=1S/C23H25N7O2/c1-15-5-7-18(8-6-15)26-22-24-16(2)13-20-27-29(23(32)30(20)22)14-21(31)25-17-9-11-19(12-10-17)28(3)4/h5-13H,14H2,1-4H3,(H,24,26)(H,25,31). The molecular weight excluding hydrogens is 406 g/mol. The molecular formula is C23H25N7O2. The van der Waals surface area contributed by atoms with Gasteiger partial charge in [-0.2, -0.15) is 0 Å². The van der Waals surface area contributed by atoms with Crippen LogP contribution < -0.4 is 21.2 Å². The highest BCUT2D eigenvalue weighted by Crippen LogP contribution is 2.17. The molecule has 2 N–H and O–H groups in total. The first kappa shape index (κ1) is 21.1. The molecule has 1 amide bonds. The van der Waals surface area contributed by atoms with Crippen LogP contribution in [0.4, 0.5) is 23.0 Å². The highest BCUT2D eigenvalue weighted by molar-refractivity contribution is 5.90. The minimum Gasteiger partial charge on any atom is -0.378 e. The number of hydrogen-bond donors (Lipinski definition) is 2. The van der Waals surface area contributed by atoms with Gasteiger partial charge in [-0.1, -0.05) is 17.7 Å². The van der Waals surface area contributed by atoms with Crippen LogP contribution in [-0.4, -0.2) is 39.2 Å². The van der Waals surface area contributed by atoms with Crippen LogP contribution >= 0.6 is 0 Å². The van der Waals surface area contributed by atoms with Crippen molar-refractivity contribution in [1.82, 2.24) is 19.2 Å². The van der Waals surface area contributed by atoms with Crippen molar-refractivity contribution in [3.8, 4) is 0 Å². The van der Waals surface area contributed by atoms with Crippen molar-refractivity contribution in [2.75, 3.05) is 29.6 Å². The summed E-state index contributed by atoms with van der Waals surface area (Å²) >= 11 is 0. The number of fused-ring (bicyclic) bond motifs is 1. The number of aryl methyl sites for hydroxylation is 2. The summed E-state index contributed by atoms with van der Waals surface area (Å²) in [5, 5.41) is 10.3. The first-order valence-electron chi connectivity index (χ1n) is 10.2. The number of nitrogens with zero attached hydrogens (tertiary/aromatic N) is 5. The van der Waals surface area contributed by atoms with Crippen LogP contribution in [0.5, 0.6) is 0 Å². The fraction of sp³-hybridized carbons (Fsp3) is 0.217. The number of anilines is 4. The van der Waals surface area contributed by atoms with E-state index in [0.29, 0.717) is 23.0 Å². The third-order valence-electron chi connectivity index (χ3n) is 4.96. The maximum Gasteiger partial charge on any atom is 0.353 e. The van der Waals surface area contributed by atoms with Gasteiger partial charge in [-0.15, -0.1) is 5.10 Å². The minimum absolute atomic E-state index is 0.209. The lowest BCUT2D eigenvalue weighted by atomic mass is 10.2. The van der Waals surface area contributed by atoms with E-state index < -0.39 is 5.69 Å². The molecule has 0 aliphatic heterocycles. The summed E-state index contributed by atoms with van der Waals surface area (Å²) in [6.07, 6.45) is 0. The van der Waals surface area contributed by atoms with Gasteiger partial charge in [0.1, 0.15) is 6.54 Å². The fourth-order valence-corrected chi connectivity index (χ4v) is 3.29. The molecule has 0 aliphatic carbocycles. The first-order chi connectivity index (χ1) is 15.3. The van der Waals surface area contributed by atoms with E-state index in [-0.39, 0.29) is 12.5 Å². The zero-order chi connectivity index (χ0) is 22.8. The molecule has 32 heavy (non-hydrogen) atoms. The molecule has 0 fully saturated rings. The van der Waals surface area contributed by atoms with E-state index in [1.165, 1.54) is 4.40 Å². The van der Waals surface area contributed by atoms with Gasteiger partial charge in [0.25, 0.3) is 0 Å². The largest absolute Gasteiger partial charge is 0.378 e. The zero-order valence-electron chi connectivity index (χ0n) is 18.5. The Morgan fingerprint density at radius 3 is 2.31 bits per heavy atom. The molecule has 0 bridgehead atoms. The van der Waals surface area contributed by atoms with Crippen molar-refractivity contribution in [1.29, 1.82) is 0 Å². The van der Waals surface area contributed by atoms with E-state index in [1.807, 2.05) is 81.4 Å². The SMILES string of the molecule is Cc1ccc(Nc2nc(C)cc3nn(CC(=O)Nc4ccc(N(C)C)cc4)c(=O)n23)cc1. The minimum atomic E-state index is -0.444. The molecule has 9 nitrogen and oxygen atoms in total. The average Bonchev–Trinajstić information content (AvgIpc) is 3.05. The number of nitrogens with one attached hydrogen (secondary N) is 2. The molecule has 2 aromatic carbocycles. The molecule has 0 unspecified atom stereocenters. The van der Waals surface area contributed by atoms with Crippen LogP contribution in [0, 0.1) is 13.8 Å². The zero-order valence-corrected chi connectivity index (χ0v) is 18.5. The van der Waals surface area contributed by atoms with Gasteiger partial charge < -0.3 is 15.5 Å². The Labute approximate surface area is 185 Å². The van der Waals surface area contributed by atoms with Crippen LogP contribution in [0.15, 0.2) is 59.4 Å². The first-order valence-corrected chi connectivity index (χ1v) is 10.2. The maximum atomic E-state index is 13.0. The summed E-state index contributed by atoms with van der Waals surface area (Å²) in [6, 6.07) is 16.9. The van der Waals surface area contributed by atoms with Crippen molar-refractivity contribution in [3.05, 3.63) is 76.3 Å². The molecule has 4 rings (SSSR count). The van der Waals surface area contributed by atoms with Gasteiger partial charge in [0.15, 0.2) is 5.65 Å². The van der Waals surface area contributed by atoms with Gasteiger partial charge in [-0.3, -0.25) is 4.79 Å². The number of benzene rings is 2. The molecule has 0 radical (unpaired) electrons. The van der Waals surface area contributed by atoms with Crippen molar-refractivity contribution in [2.24, 2.45) is 0 Å². The van der Waals surface area contributed by atoms with Crippen LogP contribution in [0.3, 0.4) is 0 Å². The smallest absolute Gasteiger partial charge is 0.353 e. The Bertz CT molecular complexity index is 1320. The lowest BCUT2D eigenvalue weighted by Crippen LogP contribution is -2.29. The number of hydrogen-bond acceptors (Lipinski definition) is 6. The van der Waals surface area contributed by atoms with Crippen molar-refractivity contribution >= 4 is 34.6 Å². The van der Waals surface area contributed by atoms with Crippen molar-refractivity contribution in [2.45, 2.75) is 20.4 Å². The summed E-state index contributed by atoms with van der Waals surface area (Å²) < 4.78 is 2.51. The summed E-state index contributed by atoms with van der Waals surface area (Å²) in [4.78, 5) is 32.0. The molecule has 4 aromatic rings. The van der Waals surface area contributed by atoms with Crippen LogP contribution in [-0.2, 0) is 11.3 Å². The highest BCUT2D eigenvalue weighted by atomic mass is 16.2. The fourth-order valence-electron chi connectivity index (χ4n) is 3.29. The summed E-state index contributed by atoms with van der Waals surface area (Å²) in [5.74, 6) is 0.00520. The van der Waals surface area contributed by atoms with E-state index in [9.17, 15) is 9.59 Å². The second-order valence-corrected chi connectivity index (χ2v) is 7.84. The van der Waals surface area contributed by atoms with Gasteiger partial charge in [0.05, 0.1) is 0 Å². The Balaban J connectivity index is 1.58. The molecule has 164 valence electrons. The van der Waals surface area contributed by atoms with E-state index in [2.05, 4.69) is 20.7 Å². The average molecular weight is 432 g/mol. The Hall–Kier alpha value is -4.14. The topological polar surface area (TPSA) is 96.6 Å². The maximum absolute atomic E-state index is 13.0. The molecule has 9 heteroatoms. The number of amides is 1. The quantitative estimate of drug-likeness (QED) is 0.487. The predicted octanol–water partition coefficient (Wildman–Crippen LogP) is 2.96. The van der Waals surface area contributed by atoms with Crippen molar-refractivity contribution in [3.63, 3.8) is 0 Å². The van der Waals surface area contributed by atoms with Crippen LogP contribution in [0.25, 0.3) is 5.65 Å². The van der Waals surface area contributed by atoms with Gasteiger partial charge in [-0.05, 0) is 50.2 Å². The van der Waals surface area contributed by atoms with Gasteiger partial charge in [-0.25, -0.2) is 18.9 Å². The van der Waals surface area contributed by atoms with E-state index in [0.717, 1.165) is 21.6 Å². The lowest BCUT2D eigenvalue weighted by Gasteiger charge is -2.13. The number of carbonyl (C=O) groups is 1. The van der Waals surface area contributed by atoms with E-state index >= 15 is 0 Å². The summed E-state index contributed by atoms with van der Waals surface area (Å²) in [6.45, 7) is 3.62. The Kier molecular flexibility index (Phi) is 5.63. The van der Waals surface area contributed by atoms with Crippen LogP contribution in [0.2, 0.25) is 0 Å². The lowest BCUT2D eigenvalue weighted by molar-refractivity contribution is -0.117. The molecule has 2 aromatic heterocycles. The molecule has 0 atom stereocenters. The third kappa shape index (κ3) is 4.46. The van der Waals surface area contributed by atoms with E-state index in [4.69, 9.17) is 0 Å². The summed E-state index contributed by atoms with van der Waals surface area (Å²) in [7, 11) is 3.89. The molecule has 0 saturated carbocycles. The highest BCUT2D eigenvalue weighted by Gasteiger charge is 2.15. The Morgan fingerprint density at radius 1 is 1.00 bits per heavy atom. The third-order valence-corrected chi connectivity index (χ3v) is 4.96. The van der Waals surface area contributed by atoms with Gasteiger partial charge >= 0.3 is 5.69 Å². The molecule has 0 spiro atoms. The normalized spacial score (nSPS) is 10.9. The molecule has 0 saturated heterocycles. The second-order valence-electron chi connectivity index (χ2n) is 7.84. The second kappa shape index (κ2) is 8.54. The predicted molar refractivity (Wildman–Crippen MR) is 126 cm³/mol. The molecule has 0 aliphatic rings. The Morgan fingerprint density at radius 2 is 1.66 bits per heavy atom. The van der Waals surface area contributed by atoms with Crippen LogP contribution in [0.1, 0.15) is 11.3 Å². The van der Waals surface area contributed by atoms with Crippen molar-refractivity contribution < 1.29 is 4.79 Å². The number of aromatic nitrogens is 4. The number of carbonyl (C=O) groups excluding carboxylic acids is 1. The summed E-state index contributed by atoms with van der Waals surface area (Å²) in [5.41, 5.74) is 4.28. The molecule has 2 heterocycles. The van der Waals surface area contributed by atoms with E-state index in [1.54, 1.807) is 6.07 Å². The van der Waals surface area contributed by atoms with Gasteiger partial charge in [0.2, 0.25) is 11.9 Å². The number of rotatable bonds is 6. The van der Waals surface area contributed by atoms with Gasteiger partial charge in [0, 0.05) is 42.9 Å².